The second-order valence-corrected chi connectivity index (χ2v) is 7.53. The molecule has 2 amide bonds. The summed E-state index contributed by atoms with van der Waals surface area (Å²) in [7, 11) is 0. The number of nitrogens with one attached hydrogen (secondary N) is 2. The number of aliphatic carboxylic acids is 1. The first-order valence-corrected chi connectivity index (χ1v) is 9.62. The molecule has 2 aliphatic carbocycles. The minimum absolute atomic E-state index is 0.0704. The van der Waals surface area contributed by atoms with Crippen LogP contribution in [0.4, 0.5) is 4.79 Å². The number of carboxylic acids is 1. The average molecular weight is 359 g/mol. The predicted molar refractivity (Wildman–Crippen MR) is 100 cm³/mol. The van der Waals surface area contributed by atoms with Crippen molar-refractivity contribution < 1.29 is 14.7 Å². The Bertz CT molecular complexity index is 612. The number of benzene rings is 1. The van der Waals surface area contributed by atoms with E-state index in [0.29, 0.717) is 5.92 Å². The number of carboxylic acid groups (broad SMARTS) is 1. The second-order valence-electron chi connectivity index (χ2n) is 7.53. The molecule has 3 rings (SSSR count). The zero-order valence-electron chi connectivity index (χ0n) is 15.4. The van der Waals surface area contributed by atoms with E-state index in [9.17, 15) is 9.59 Å². The summed E-state index contributed by atoms with van der Waals surface area (Å²) in [5.74, 6) is -0.213. The van der Waals surface area contributed by atoms with Gasteiger partial charge in [-0.05, 0) is 50.1 Å². The molecular weight excluding hydrogens is 330 g/mol. The maximum Gasteiger partial charge on any atom is 0.317 e. The fourth-order valence-corrected chi connectivity index (χ4v) is 3.77. The Morgan fingerprint density at radius 2 is 1.92 bits per heavy atom. The third-order valence-corrected chi connectivity index (χ3v) is 5.52. The van der Waals surface area contributed by atoms with Crippen LogP contribution in [0.5, 0.6) is 0 Å². The van der Waals surface area contributed by atoms with Gasteiger partial charge < -0.3 is 15.7 Å². The molecule has 0 saturated heterocycles. The van der Waals surface area contributed by atoms with E-state index in [1.54, 1.807) is 0 Å². The monoisotopic (exact) mass is 359 g/mol. The molecule has 6 nitrogen and oxygen atoms in total. The van der Waals surface area contributed by atoms with Gasteiger partial charge in [0.25, 0.3) is 0 Å². The molecule has 0 bridgehead atoms. The summed E-state index contributed by atoms with van der Waals surface area (Å²) in [6, 6.07) is 10.8. The Morgan fingerprint density at radius 3 is 2.50 bits per heavy atom. The van der Waals surface area contributed by atoms with Crippen molar-refractivity contribution in [2.75, 3.05) is 13.1 Å². The highest BCUT2D eigenvalue weighted by Gasteiger charge is 2.36. The summed E-state index contributed by atoms with van der Waals surface area (Å²) in [6.45, 7) is 2.76. The molecule has 0 heterocycles. The summed E-state index contributed by atoms with van der Waals surface area (Å²) in [5, 5.41) is 15.2. The minimum atomic E-state index is -0.797. The Labute approximate surface area is 155 Å². The molecular formula is C20H29N3O3. The summed E-state index contributed by atoms with van der Waals surface area (Å²) in [4.78, 5) is 25.2. The van der Waals surface area contributed by atoms with E-state index < -0.39 is 5.97 Å². The highest BCUT2D eigenvalue weighted by atomic mass is 16.4. The molecule has 2 aliphatic rings. The van der Waals surface area contributed by atoms with Crippen molar-refractivity contribution in [3.63, 3.8) is 0 Å². The van der Waals surface area contributed by atoms with E-state index in [1.165, 1.54) is 18.4 Å². The van der Waals surface area contributed by atoms with Crippen molar-refractivity contribution in [3.05, 3.63) is 35.9 Å². The fraction of sp³-hybridized carbons (Fsp3) is 0.600. The summed E-state index contributed by atoms with van der Waals surface area (Å²) >= 11 is 0. The standard InChI is InChI=1S/C20H29N3O3/c1-2-23(13-19(24)25)17-11-16(12-17)21-20(26)22-18(15-8-9-15)10-14-6-4-3-5-7-14/h3-7,15-18H,2,8-13H2,1H3,(H,24,25)(H2,21,22,26). The van der Waals surface area contributed by atoms with Crippen LogP contribution >= 0.6 is 0 Å². The van der Waals surface area contributed by atoms with Gasteiger partial charge >= 0.3 is 12.0 Å². The van der Waals surface area contributed by atoms with Gasteiger partial charge in [0.1, 0.15) is 0 Å². The van der Waals surface area contributed by atoms with Gasteiger partial charge in [0.15, 0.2) is 0 Å². The quantitative estimate of drug-likeness (QED) is 0.632. The summed E-state index contributed by atoms with van der Waals surface area (Å²) < 4.78 is 0. The normalized spacial score (nSPS) is 23.2. The number of hydrogen-bond acceptors (Lipinski definition) is 3. The lowest BCUT2D eigenvalue weighted by Gasteiger charge is -2.42. The maximum atomic E-state index is 12.4. The number of hydrogen-bond donors (Lipinski definition) is 3. The van der Waals surface area contributed by atoms with Crippen LogP contribution in [-0.2, 0) is 11.2 Å². The Morgan fingerprint density at radius 1 is 1.23 bits per heavy atom. The smallest absolute Gasteiger partial charge is 0.317 e. The molecule has 0 radical (unpaired) electrons. The predicted octanol–water partition coefficient (Wildman–Crippen LogP) is 2.24. The van der Waals surface area contributed by atoms with Crippen LogP contribution in [0.15, 0.2) is 30.3 Å². The topological polar surface area (TPSA) is 81.7 Å². The molecule has 2 saturated carbocycles. The number of nitrogens with zero attached hydrogens (tertiary/aromatic N) is 1. The molecule has 0 aliphatic heterocycles. The van der Waals surface area contributed by atoms with Crippen molar-refractivity contribution in [3.8, 4) is 0 Å². The zero-order chi connectivity index (χ0) is 18.5. The summed E-state index contributed by atoms with van der Waals surface area (Å²) in [6.07, 6.45) is 4.88. The van der Waals surface area contributed by atoms with Crippen LogP contribution in [0.3, 0.4) is 0 Å². The van der Waals surface area contributed by atoms with E-state index in [2.05, 4.69) is 22.8 Å². The van der Waals surface area contributed by atoms with Crippen molar-refractivity contribution in [1.82, 2.24) is 15.5 Å². The summed E-state index contributed by atoms with van der Waals surface area (Å²) in [5.41, 5.74) is 1.25. The number of likely N-dealkylation sites (N-methyl/N-ethyl adjacent to an activating group) is 1. The minimum Gasteiger partial charge on any atom is -0.480 e. The van der Waals surface area contributed by atoms with E-state index in [0.717, 1.165) is 25.8 Å². The van der Waals surface area contributed by atoms with Gasteiger partial charge in [-0.2, -0.15) is 0 Å². The van der Waals surface area contributed by atoms with Gasteiger partial charge in [0.05, 0.1) is 6.54 Å². The zero-order valence-corrected chi connectivity index (χ0v) is 15.4. The van der Waals surface area contributed by atoms with Gasteiger partial charge in [-0.3, -0.25) is 9.69 Å². The van der Waals surface area contributed by atoms with Crippen molar-refractivity contribution in [2.45, 2.75) is 57.2 Å². The fourth-order valence-electron chi connectivity index (χ4n) is 3.77. The van der Waals surface area contributed by atoms with Gasteiger partial charge in [-0.1, -0.05) is 37.3 Å². The van der Waals surface area contributed by atoms with Gasteiger partial charge in [-0.25, -0.2) is 4.79 Å². The van der Waals surface area contributed by atoms with Crippen LogP contribution in [0.1, 0.15) is 38.2 Å². The van der Waals surface area contributed by atoms with E-state index in [4.69, 9.17) is 5.11 Å². The average Bonchev–Trinajstić information content (AvgIpc) is 3.41. The van der Waals surface area contributed by atoms with Gasteiger partial charge in [-0.15, -0.1) is 0 Å². The molecule has 142 valence electrons. The van der Waals surface area contributed by atoms with E-state index in [1.807, 2.05) is 30.0 Å². The molecule has 26 heavy (non-hydrogen) atoms. The van der Waals surface area contributed by atoms with Gasteiger partial charge in [0, 0.05) is 18.1 Å². The lowest BCUT2D eigenvalue weighted by Crippen LogP contribution is -2.57. The first kappa shape index (κ1) is 18.7. The molecule has 1 aromatic rings. The van der Waals surface area contributed by atoms with Crippen LogP contribution in [0, 0.1) is 5.92 Å². The first-order chi connectivity index (χ1) is 12.5. The molecule has 3 N–H and O–H groups in total. The van der Waals surface area contributed by atoms with E-state index >= 15 is 0 Å². The lowest BCUT2D eigenvalue weighted by molar-refractivity contribution is -0.139. The SMILES string of the molecule is CCN(CC(=O)O)C1CC(NC(=O)NC(Cc2ccccc2)C2CC2)C1. The molecule has 1 atom stereocenters. The number of carbonyl (C=O) groups excluding carboxylic acids is 1. The molecule has 0 spiro atoms. The Balaban J connectivity index is 1.43. The van der Waals surface area contributed by atoms with Crippen molar-refractivity contribution in [2.24, 2.45) is 5.92 Å². The maximum absolute atomic E-state index is 12.4. The molecule has 0 aromatic heterocycles. The van der Waals surface area contributed by atoms with Crippen molar-refractivity contribution in [1.29, 1.82) is 0 Å². The van der Waals surface area contributed by atoms with E-state index in [-0.39, 0.29) is 30.7 Å². The largest absolute Gasteiger partial charge is 0.480 e. The van der Waals surface area contributed by atoms with Crippen LogP contribution in [0.2, 0.25) is 0 Å². The lowest BCUT2D eigenvalue weighted by atomic mass is 9.85. The first-order valence-electron chi connectivity index (χ1n) is 9.62. The van der Waals surface area contributed by atoms with Crippen LogP contribution in [0.25, 0.3) is 0 Å². The Kier molecular flexibility index (Phi) is 6.14. The number of amides is 2. The third kappa shape index (κ3) is 5.21. The van der Waals surface area contributed by atoms with Crippen molar-refractivity contribution >= 4 is 12.0 Å². The third-order valence-electron chi connectivity index (χ3n) is 5.52. The second kappa shape index (κ2) is 8.54. The number of urea groups is 1. The molecule has 6 heteroatoms. The van der Waals surface area contributed by atoms with Crippen LogP contribution < -0.4 is 10.6 Å². The molecule has 1 aromatic carbocycles. The number of carbonyl (C=O) groups is 2. The van der Waals surface area contributed by atoms with Gasteiger partial charge in [0.2, 0.25) is 0 Å². The Hall–Kier alpha value is -2.08. The highest BCUT2D eigenvalue weighted by Crippen LogP contribution is 2.34. The number of rotatable bonds is 9. The molecule has 1 unspecified atom stereocenters. The van der Waals surface area contributed by atoms with Crippen LogP contribution in [-0.4, -0.2) is 53.2 Å². The molecule has 2 fully saturated rings. The highest BCUT2D eigenvalue weighted by molar-refractivity contribution is 5.75.